The molecule has 0 saturated heterocycles. The van der Waals surface area contributed by atoms with Gasteiger partial charge in [-0.25, -0.2) is 4.98 Å². The van der Waals surface area contributed by atoms with Crippen LogP contribution in [0.4, 0.5) is 0 Å². The molecule has 2 nitrogen and oxygen atoms in total. The van der Waals surface area contributed by atoms with E-state index in [0.29, 0.717) is 0 Å². The Morgan fingerprint density at radius 3 is 1.76 bits per heavy atom. The standard InChI is InChI=1S/C17H34N2P.ClH/c1-5-8-11-20(12-9-6-2,13-10-7-3)15-17-18-14-16(4)19-17;/h14H,5-13,15H2,1-4H3,(H,18,19);1H/q+1;/p-1. The van der Waals surface area contributed by atoms with Crippen molar-refractivity contribution in [3.63, 3.8) is 0 Å². The molecule has 0 fully saturated rings. The number of halogens is 1. The van der Waals surface area contributed by atoms with Crippen molar-refractivity contribution in [1.82, 2.24) is 9.97 Å². The van der Waals surface area contributed by atoms with Gasteiger partial charge in [-0.15, -0.1) is 0 Å². The average molecular weight is 333 g/mol. The summed E-state index contributed by atoms with van der Waals surface area (Å²) >= 11 is 0. The van der Waals surface area contributed by atoms with Crippen molar-refractivity contribution >= 4 is 7.26 Å². The molecule has 0 aliphatic rings. The lowest BCUT2D eigenvalue weighted by Crippen LogP contribution is -3.00. The third-order valence-electron chi connectivity index (χ3n) is 4.20. The van der Waals surface area contributed by atoms with E-state index in [0.717, 1.165) is 0 Å². The summed E-state index contributed by atoms with van der Waals surface area (Å²) in [6.45, 7) is 9.09. The van der Waals surface area contributed by atoms with E-state index in [4.69, 9.17) is 0 Å². The van der Waals surface area contributed by atoms with Crippen molar-refractivity contribution in [3.05, 3.63) is 17.7 Å². The maximum Gasteiger partial charge on any atom is 0.144 e. The Bertz CT molecular complexity index is 344. The van der Waals surface area contributed by atoms with Crippen molar-refractivity contribution in [2.24, 2.45) is 0 Å². The molecule has 1 N–H and O–H groups in total. The molecule has 0 radical (unpaired) electrons. The first kappa shape index (κ1) is 20.9. The highest BCUT2D eigenvalue weighted by Crippen LogP contribution is 2.62. The van der Waals surface area contributed by atoms with Gasteiger partial charge in [0.05, 0.1) is 18.5 Å². The Morgan fingerprint density at radius 2 is 1.43 bits per heavy atom. The van der Waals surface area contributed by atoms with Crippen LogP contribution < -0.4 is 12.4 Å². The highest BCUT2D eigenvalue weighted by Gasteiger charge is 2.36. The molecule has 0 aliphatic carbocycles. The van der Waals surface area contributed by atoms with Crippen LogP contribution in [0.2, 0.25) is 0 Å². The molecule has 0 spiro atoms. The van der Waals surface area contributed by atoms with Crippen molar-refractivity contribution < 1.29 is 12.4 Å². The maximum absolute atomic E-state index is 4.60. The molecule has 1 rings (SSSR count). The van der Waals surface area contributed by atoms with Crippen LogP contribution in [0.5, 0.6) is 0 Å². The third-order valence-corrected chi connectivity index (χ3v) is 8.96. The number of hydrogen-bond donors (Lipinski definition) is 1. The lowest BCUT2D eigenvalue weighted by atomic mass is 10.4. The van der Waals surface area contributed by atoms with E-state index in [1.165, 1.54) is 74.7 Å². The van der Waals surface area contributed by atoms with Gasteiger partial charge in [-0.3, -0.25) is 0 Å². The Hall–Kier alpha value is -0.0700. The van der Waals surface area contributed by atoms with Gasteiger partial charge in [0.15, 0.2) is 0 Å². The van der Waals surface area contributed by atoms with Crippen LogP contribution in [0.25, 0.3) is 0 Å². The highest BCUT2D eigenvalue weighted by molar-refractivity contribution is 7.75. The highest BCUT2D eigenvalue weighted by atomic mass is 35.5. The molecule has 0 saturated carbocycles. The number of nitrogens with zero attached hydrogens (tertiary/aromatic N) is 1. The van der Waals surface area contributed by atoms with Crippen LogP contribution in [0, 0.1) is 6.92 Å². The number of nitrogens with one attached hydrogen (secondary N) is 1. The largest absolute Gasteiger partial charge is 1.00 e. The van der Waals surface area contributed by atoms with Gasteiger partial charge in [-0.05, 0) is 26.2 Å². The van der Waals surface area contributed by atoms with Gasteiger partial charge < -0.3 is 17.4 Å². The molecule has 4 heteroatoms. The van der Waals surface area contributed by atoms with E-state index in [1.54, 1.807) is 0 Å². The summed E-state index contributed by atoms with van der Waals surface area (Å²) in [5.41, 5.74) is 1.21. The first-order valence-corrected chi connectivity index (χ1v) is 11.0. The van der Waals surface area contributed by atoms with Crippen LogP contribution in [0.15, 0.2) is 6.20 Å². The first-order chi connectivity index (χ1) is 9.65. The second-order valence-corrected chi connectivity index (χ2v) is 10.6. The first-order valence-electron chi connectivity index (χ1n) is 8.51. The number of aryl methyl sites for hydroxylation is 1. The molecule has 0 aliphatic heterocycles. The molecule has 1 aromatic rings. The van der Waals surface area contributed by atoms with Crippen molar-refractivity contribution in [3.8, 4) is 0 Å². The van der Waals surface area contributed by atoms with Crippen molar-refractivity contribution in [2.45, 2.75) is 72.4 Å². The molecule has 1 aromatic heterocycles. The minimum absolute atomic E-state index is 0. The fraction of sp³-hybridized carbons (Fsp3) is 0.824. The second-order valence-electron chi connectivity index (χ2n) is 6.24. The number of rotatable bonds is 11. The average Bonchev–Trinajstić information content (AvgIpc) is 2.85. The molecule has 1 heterocycles. The van der Waals surface area contributed by atoms with E-state index in [9.17, 15) is 0 Å². The number of H-pyrrole nitrogens is 1. The van der Waals surface area contributed by atoms with Crippen LogP contribution in [-0.4, -0.2) is 28.5 Å². The van der Waals surface area contributed by atoms with Gasteiger partial charge in [-0.2, -0.15) is 0 Å². The van der Waals surface area contributed by atoms with Crippen molar-refractivity contribution in [2.75, 3.05) is 18.5 Å². The summed E-state index contributed by atoms with van der Waals surface area (Å²) < 4.78 is 0. The number of aromatic amines is 1. The van der Waals surface area contributed by atoms with E-state index >= 15 is 0 Å². The Labute approximate surface area is 138 Å². The van der Waals surface area contributed by atoms with E-state index in [1.807, 2.05) is 6.20 Å². The summed E-state index contributed by atoms with van der Waals surface area (Å²) in [5, 5.41) is 0. The maximum atomic E-state index is 4.60. The molecule has 21 heavy (non-hydrogen) atoms. The van der Waals surface area contributed by atoms with Gasteiger partial charge in [0.1, 0.15) is 12.0 Å². The number of hydrogen-bond acceptors (Lipinski definition) is 1. The smallest absolute Gasteiger partial charge is 0.144 e. The quantitative estimate of drug-likeness (QED) is 0.620. The van der Waals surface area contributed by atoms with E-state index in [-0.39, 0.29) is 12.4 Å². The molecule has 0 atom stereocenters. The summed E-state index contributed by atoms with van der Waals surface area (Å²) in [6.07, 6.45) is 15.9. The van der Waals surface area contributed by atoms with Gasteiger partial charge >= 0.3 is 0 Å². The van der Waals surface area contributed by atoms with Crippen LogP contribution in [0.1, 0.15) is 70.8 Å². The van der Waals surface area contributed by atoms with Crippen LogP contribution in [-0.2, 0) is 6.16 Å². The zero-order valence-electron chi connectivity index (χ0n) is 14.4. The summed E-state index contributed by atoms with van der Waals surface area (Å²) in [6, 6.07) is 0. The van der Waals surface area contributed by atoms with Crippen LogP contribution in [0.3, 0.4) is 0 Å². The second kappa shape index (κ2) is 11.5. The lowest BCUT2D eigenvalue weighted by Gasteiger charge is -2.27. The van der Waals surface area contributed by atoms with Gasteiger partial charge in [0, 0.05) is 19.2 Å². The Morgan fingerprint density at radius 1 is 0.952 bits per heavy atom. The number of unbranched alkanes of at least 4 members (excludes halogenated alkanes) is 3. The monoisotopic (exact) mass is 332 g/mol. The molecule has 124 valence electrons. The van der Waals surface area contributed by atoms with Gasteiger partial charge in [0.25, 0.3) is 0 Å². The predicted molar refractivity (Wildman–Crippen MR) is 93.3 cm³/mol. The molecule has 0 amide bonds. The van der Waals surface area contributed by atoms with Crippen molar-refractivity contribution in [1.29, 1.82) is 0 Å². The molecular weight excluding hydrogens is 299 g/mol. The topological polar surface area (TPSA) is 28.7 Å². The zero-order valence-corrected chi connectivity index (χ0v) is 16.1. The van der Waals surface area contributed by atoms with E-state index in [2.05, 4.69) is 37.7 Å². The summed E-state index contributed by atoms with van der Waals surface area (Å²) in [4.78, 5) is 8.07. The minimum atomic E-state index is -0.848. The van der Waals surface area contributed by atoms with Gasteiger partial charge in [0.2, 0.25) is 0 Å². The molecule has 0 unspecified atom stereocenters. The summed E-state index contributed by atoms with van der Waals surface area (Å²) in [5.74, 6) is 1.25. The number of aromatic nitrogens is 2. The normalized spacial score (nSPS) is 11.4. The Balaban J connectivity index is 0.00000400. The van der Waals surface area contributed by atoms with E-state index < -0.39 is 7.26 Å². The number of imidazole rings is 1. The minimum Gasteiger partial charge on any atom is -1.00 e. The molecule has 0 aromatic carbocycles. The molecule has 0 bridgehead atoms. The SMILES string of the molecule is CCCC[P+](CCCC)(CCCC)Cc1ncc(C)[nH]1.[Cl-]. The fourth-order valence-corrected chi connectivity index (χ4v) is 7.82. The predicted octanol–water partition coefficient (Wildman–Crippen LogP) is 2.64. The van der Waals surface area contributed by atoms with Gasteiger partial charge in [-0.1, -0.05) is 40.0 Å². The lowest BCUT2D eigenvalue weighted by molar-refractivity contribution is -0.00000487. The zero-order chi connectivity index (χ0) is 14.8. The third kappa shape index (κ3) is 7.66. The molecular formula is C17H34ClN2P. The Kier molecular flexibility index (Phi) is 11.5. The fourth-order valence-electron chi connectivity index (χ4n) is 2.92. The van der Waals surface area contributed by atoms with Crippen LogP contribution >= 0.6 is 7.26 Å². The summed E-state index contributed by atoms with van der Waals surface area (Å²) in [7, 11) is -0.848.